The molecule has 0 saturated heterocycles. The Bertz CT molecular complexity index is 941. The predicted octanol–water partition coefficient (Wildman–Crippen LogP) is 3.11. The maximum atomic E-state index is 13.1. The number of nitrogens with one attached hydrogen (secondary N) is 3. The fourth-order valence-electron chi connectivity index (χ4n) is 3.01. The second kappa shape index (κ2) is 7.99. The van der Waals surface area contributed by atoms with Gasteiger partial charge in [-0.3, -0.25) is 4.79 Å². The van der Waals surface area contributed by atoms with Crippen molar-refractivity contribution < 1.29 is 23.5 Å². The molecule has 0 aliphatic carbocycles. The molecule has 0 spiro atoms. The summed E-state index contributed by atoms with van der Waals surface area (Å²) in [6.45, 7) is 1.64. The summed E-state index contributed by atoms with van der Waals surface area (Å²) in [5.74, 6) is 0.188. The van der Waals surface area contributed by atoms with Crippen LogP contribution in [0, 0.1) is 5.82 Å². The van der Waals surface area contributed by atoms with Crippen molar-refractivity contribution in [3.63, 3.8) is 0 Å². The van der Waals surface area contributed by atoms with Crippen molar-refractivity contribution in [2.75, 3.05) is 19.5 Å². The molecule has 0 saturated carbocycles. The monoisotopic (exact) mass is 385 g/mol. The predicted molar refractivity (Wildman–Crippen MR) is 102 cm³/mol. The molecule has 0 radical (unpaired) electrons. The van der Waals surface area contributed by atoms with Crippen LogP contribution in [-0.4, -0.2) is 26.2 Å². The van der Waals surface area contributed by atoms with Crippen LogP contribution in [-0.2, 0) is 4.79 Å². The van der Waals surface area contributed by atoms with Crippen molar-refractivity contribution in [3.8, 4) is 11.5 Å². The van der Waals surface area contributed by atoms with Crippen molar-refractivity contribution in [3.05, 3.63) is 65.1 Å². The van der Waals surface area contributed by atoms with Crippen LogP contribution in [0.1, 0.15) is 18.5 Å². The lowest BCUT2D eigenvalue weighted by molar-refractivity contribution is -0.113. The Morgan fingerprint density at radius 2 is 1.75 bits per heavy atom. The number of amides is 3. The summed E-state index contributed by atoms with van der Waals surface area (Å²) >= 11 is 0. The highest BCUT2D eigenvalue weighted by molar-refractivity contribution is 6.06. The van der Waals surface area contributed by atoms with Crippen LogP contribution in [0.3, 0.4) is 0 Å². The fourth-order valence-corrected chi connectivity index (χ4v) is 3.01. The number of carbonyl (C=O) groups excluding carboxylic acids is 2. The Hall–Kier alpha value is -3.55. The molecule has 7 nitrogen and oxygen atoms in total. The summed E-state index contributed by atoms with van der Waals surface area (Å²) in [4.78, 5) is 24.9. The molecular weight excluding hydrogens is 365 g/mol. The third-order valence-electron chi connectivity index (χ3n) is 4.36. The van der Waals surface area contributed by atoms with E-state index in [1.54, 1.807) is 25.1 Å². The van der Waals surface area contributed by atoms with Gasteiger partial charge in [0.15, 0.2) is 11.5 Å². The second-order valence-electron chi connectivity index (χ2n) is 6.15. The Morgan fingerprint density at radius 1 is 1.07 bits per heavy atom. The smallest absolute Gasteiger partial charge is 0.319 e. The minimum Gasteiger partial charge on any atom is -0.493 e. The SMILES string of the molecule is COc1ccc(C2NC(=O)NC(C)=C2C(=O)Nc2ccc(F)cc2)cc1OC. The van der Waals surface area contributed by atoms with Crippen LogP contribution in [0.2, 0.25) is 0 Å². The van der Waals surface area contributed by atoms with Gasteiger partial charge in [0.05, 0.1) is 25.8 Å². The molecule has 1 atom stereocenters. The van der Waals surface area contributed by atoms with Crippen LogP contribution in [0.15, 0.2) is 53.7 Å². The second-order valence-corrected chi connectivity index (χ2v) is 6.15. The van der Waals surface area contributed by atoms with E-state index in [2.05, 4.69) is 16.0 Å². The van der Waals surface area contributed by atoms with Gasteiger partial charge in [-0.1, -0.05) is 6.07 Å². The van der Waals surface area contributed by atoms with Crippen LogP contribution >= 0.6 is 0 Å². The van der Waals surface area contributed by atoms with Crippen molar-refractivity contribution in [2.45, 2.75) is 13.0 Å². The molecule has 146 valence electrons. The number of ether oxygens (including phenoxy) is 2. The number of halogens is 1. The van der Waals surface area contributed by atoms with Crippen molar-refractivity contribution in [1.82, 2.24) is 10.6 Å². The first kappa shape index (κ1) is 19.2. The average molecular weight is 385 g/mol. The molecule has 28 heavy (non-hydrogen) atoms. The molecule has 1 aliphatic rings. The van der Waals surface area contributed by atoms with E-state index in [0.29, 0.717) is 34.0 Å². The van der Waals surface area contributed by atoms with Crippen LogP contribution in [0.5, 0.6) is 11.5 Å². The summed E-state index contributed by atoms with van der Waals surface area (Å²) in [6.07, 6.45) is 0. The fraction of sp³-hybridized carbons (Fsp3) is 0.200. The molecule has 0 bridgehead atoms. The van der Waals surface area contributed by atoms with Crippen molar-refractivity contribution >= 4 is 17.6 Å². The summed E-state index contributed by atoms with van der Waals surface area (Å²) in [5.41, 5.74) is 1.84. The highest BCUT2D eigenvalue weighted by Crippen LogP contribution is 2.34. The van der Waals surface area contributed by atoms with E-state index in [1.165, 1.54) is 38.5 Å². The van der Waals surface area contributed by atoms with E-state index in [-0.39, 0.29) is 0 Å². The summed E-state index contributed by atoms with van der Waals surface area (Å²) < 4.78 is 23.7. The molecule has 2 aromatic rings. The number of allylic oxidation sites excluding steroid dienone is 1. The van der Waals surface area contributed by atoms with Crippen LogP contribution < -0.4 is 25.4 Å². The third-order valence-corrected chi connectivity index (χ3v) is 4.36. The third kappa shape index (κ3) is 3.90. The van der Waals surface area contributed by atoms with Gasteiger partial charge in [0, 0.05) is 11.4 Å². The number of hydrogen-bond acceptors (Lipinski definition) is 4. The van der Waals surface area contributed by atoms with Crippen LogP contribution in [0.25, 0.3) is 0 Å². The highest BCUT2D eigenvalue weighted by atomic mass is 19.1. The quantitative estimate of drug-likeness (QED) is 0.738. The highest BCUT2D eigenvalue weighted by Gasteiger charge is 2.31. The standard InChI is InChI=1S/C20H20FN3O4/c1-11-17(19(25)23-14-7-5-13(21)6-8-14)18(24-20(26)22-11)12-4-9-15(27-2)16(10-12)28-3/h4-10,18H,1-3H3,(H,23,25)(H2,22,24,26). The molecule has 0 aromatic heterocycles. The Balaban J connectivity index is 1.96. The molecule has 1 unspecified atom stereocenters. The molecule has 3 amide bonds. The van der Waals surface area contributed by atoms with Crippen molar-refractivity contribution in [1.29, 1.82) is 0 Å². The lowest BCUT2D eigenvalue weighted by Crippen LogP contribution is -2.45. The Labute approximate surface area is 161 Å². The van der Waals surface area contributed by atoms with Gasteiger partial charge < -0.3 is 25.4 Å². The van der Waals surface area contributed by atoms with E-state index in [9.17, 15) is 14.0 Å². The molecule has 0 fully saturated rings. The Kier molecular flexibility index (Phi) is 5.49. The van der Waals surface area contributed by atoms with Gasteiger partial charge in [0.2, 0.25) is 0 Å². The minimum absolute atomic E-state index is 0.330. The van der Waals surface area contributed by atoms with E-state index in [1.807, 2.05) is 0 Å². The average Bonchev–Trinajstić information content (AvgIpc) is 2.68. The van der Waals surface area contributed by atoms with Crippen molar-refractivity contribution in [2.24, 2.45) is 0 Å². The van der Waals surface area contributed by atoms with Gasteiger partial charge in [0.1, 0.15) is 5.82 Å². The first-order valence-electron chi connectivity index (χ1n) is 8.50. The maximum absolute atomic E-state index is 13.1. The molecule has 8 heteroatoms. The van der Waals surface area contributed by atoms with E-state index in [0.717, 1.165) is 0 Å². The molecular formula is C20H20FN3O4. The number of carbonyl (C=O) groups is 2. The number of hydrogen-bond donors (Lipinski definition) is 3. The Morgan fingerprint density at radius 3 is 2.39 bits per heavy atom. The molecule has 3 N–H and O–H groups in total. The first-order valence-corrected chi connectivity index (χ1v) is 8.50. The van der Waals surface area contributed by atoms with E-state index in [4.69, 9.17) is 9.47 Å². The van der Waals surface area contributed by atoms with Gasteiger partial charge in [-0.05, 0) is 48.9 Å². The largest absolute Gasteiger partial charge is 0.493 e. The van der Waals surface area contributed by atoms with Gasteiger partial charge in [-0.25, -0.2) is 9.18 Å². The maximum Gasteiger partial charge on any atom is 0.319 e. The van der Waals surface area contributed by atoms with Gasteiger partial charge in [-0.15, -0.1) is 0 Å². The van der Waals surface area contributed by atoms with Gasteiger partial charge >= 0.3 is 6.03 Å². The molecule has 2 aromatic carbocycles. The molecule has 3 rings (SSSR count). The zero-order chi connectivity index (χ0) is 20.3. The minimum atomic E-state index is -0.700. The number of benzene rings is 2. The normalized spacial score (nSPS) is 16.1. The topological polar surface area (TPSA) is 88.7 Å². The number of methoxy groups -OCH3 is 2. The zero-order valence-corrected chi connectivity index (χ0v) is 15.6. The van der Waals surface area contributed by atoms with Crippen LogP contribution in [0.4, 0.5) is 14.9 Å². The lowest BCUT2D eigenvalue weighted by Gasteiger charge is -2.29. The number of rotatable bonds is 5. The summed E-state index contributed by atoms with van der Waals surface area (Å²) in [7, 11) is 3.03. The van der Waals surface area contributed by atoms with Gasteiger partial charge in [0.25, 0.3) is 5.91 Å². The van der Waals surface area contributed by atoms with E-state index >= 15 is 0 Å². The first-order chi connectivity index (χ1) is 13.4. The number of anilines is 1. The molecule has 1 heterocycles. The molecule has 1 aliphatic heterocycles. The number of urea groups is 1. The van der Waals surface area contributed by atoms with E-state index < -0.39 is 23.8 Å². The summed E-state index contributed by atoms with van der Waals surface area (Å²) in [6, 6.07) is 9.46. The zero-order valence-electron chi connectivity index (χ0n) is 15.6. The lowest BCUT2D eigenvalue weighted by atomic mass is 9.94. The van der Waals surface area contributed by atoms with Gasteiger partial charge in [-0.2, -0.15) is 0 Å². The summed E-state index contributed by atoms with van der Waals surface area (Å²) in [5, 5.41) is 8.09.